The molecular formula is C14H17N5O3. The van der Waals surface area contributed by atoms with Gasteiger partial charge in [0.05, 0.1) is 6.04 Å². The van der Waals surface area contributed by atoms with Gasteiger partial charge in [-0.05, 0) is 20.8 Å². The molecule has 0 radical (unpaired) electrons. The smallest absolute Gasteiger partial charge is 0.317 e. The highest BCUT2D eigenvalue weighted by atomic mass is 16.2. The average molecular weight is 303 g/mol. The predicted molar refractivity (Wildman–Crippen MR) is 81.3 cm³/mol. The van der Waals surface area contributed by atoms with Gasteiger partial charge < -0.3 is 4.57 Å². The summed E-state index contributed by atoms with van der Waals surface area (Å²) in [6.07, 6.45) is 1.79. The molecule has 0 fully saturated rings. The molecule has 22 heavy (non-hydrogen) atoms. The topological polar surface area (TPSA) is 83.3 Å². The van der Waals surface area contributed by atoms with Gasteiger partial charge in [-0.15, -0.1) is 0 Å². The maximum Gasteiger partial charge on any atom is 0.333 e. The summed E-state index contributed by atoms with van der Waals surface area (Å²) in [6.45, 7) is 4.81. The van der Waals surface area contributed by atoms with Crippen molar-refractivity contribution in [3.63, 3.8) is 0 Å². The van der Waals surface area contributed by atoms with Crippen LogP contribution in [0.5, 0.6) is 0 Å². The first-order valence-corrected chi connectivity index (χ1v) is 6.91. The van der Waals surface area contributed by atoms with Crippen molar-refractivity contribution in [2.24, 2.45) is 14.1 Å². The molecule has 3 aromatic heterocycles. The van der Waals surface area contributed by atoms with E-state index in [-0.39, 0.29) is 5.78 Å². The Morgan fingerprint density at radius 3 is 2.45 bits per heavy atom. The van der Waals surface area contributed by atoms with Crippen molar-refractivity contribution < 1.29 is 4.79 Å². The Hall–Kier alpha value is -2.64. The van der Waals surface area contributed by atoms with E-state index in [0.717, 1.165) is 10.3 Å². The highest BCUT2D eigenvalue weighted by Gasteiger charge is 2.23. The third-order valence-electron chi connectivity index (χ3n) is 4.23. The highest BCUT2D eigenvalue weighted by molar-refractivity contribution is 5.80. The Morgan fingerprint density at radius 1 is 1.23 bits per heavy atom. The first-order valence-electron chi connectivity index (χ1n) is 6.91. The number of aryl methyl sites for hydroxylation is 3. The van der Waals surface area contributed by atoms with Crippen LogP contribution in [0.1, 0.15) is 25.6 Å². The summed E-state index contributed by atoms with van der Waals surface area (Å²) in [5, 5.41) is 0. The molecule has 0 bridgehead atoms. The second-order valence-electron chi connectivity index (χ2n) is 5.59. The number of hydrogen-bond acceptors (Lipinski definition) is 4. The van der Waals surface area contributed by atoms with E-state index in [9.17, 15) is 14.4 Å². The maximum atomic E-state index is 12.8. The largest absolute Gasteiger partial charge is 0.333 e. The van der Waals surface area contributed by atoms with E-state index in [0.29, 0.717) is 16.9 Å². The summed E-state index contributed by atoms with van der Waals surface area (Å²) < 4.78 is 5.79. The summed E-state index contributed by atoms with van der Waals surface area (Å²) >= 11 is 0. The van der Waals surface area contributed by atoms with E-state index in [2.05, 4.69) is 4.98 Å². The fourth-order valence-electron chi connectivity index (χ4n) is 2.61. The van der Waals surface area contributed by atoms with Gasteiger partial charge in [0.2, 0.25) is 5.78 Å². The Labute approximate surface area is 125 Å². The summed E-state index contributed by atoms with van der Waals surface area (Å²) in [5.74, 6) is 0.330. The van der Waals surface area contributed by atoms with Gasteiger partial charge in [-0.25, -0.2) is 9.36 Å². The number of fused-ring (bicyclic) bond motifs is 3. The first kappa shape index (κ1) is 14.3. The van der Waals surface area contributed by atoms with Gasteiger partial charge >= 0.3 is 5.69 Å². The van der Waals surface area contributed by atoms with Crippen molar-refractivity contribution in [3.8, 4) is 0 Å². The van der Waals surface area contributed by atoms with Gasteiger partial charge in [0.1, 0.15) is 0 Å². The van der Waals surface area contributed by atoms with E-state index in [1.165, 1.54) is 11.5 Å². The monoisotopic (exact) mass is 303 g/mol. The number of carbonyl (C=O) groups is 1. The second kappa shape index (κ2) is 4.43. The molecule has 0 saturated heterocycles. The lowest BCUT2D eigenvalue weighted by molar-refractivity contribution is -0.119. The van der Waals surface area contributed by atoms with Crippen molar-refractivity contribution in [2.45, 2.75) is 26.8 Å². The number of ketones is 1. The molecule has 3 rings (SSSR count). The fraction of sp³-hybridized carbons (Fsp3) is 0.429. The van der Waals surface area contributed by atoms with E-state index in [1.807, 2.05) is 18.5 Å². The summed E-state index contributed by atoms with van der Waals surface area (Å²) in [5.41, 5.74) is 0.504. The number of imidazole rings is 2. The van der Waals surface area contributed by atoms with Crippen molar-refractivity contribution in [1.82, 2.24) is 23.1 Å². The molecule has 116 valence electrons. The summed E-state index contributed by atoms with van der Waals surface area (Å²) in [7, 11) is 3.39. The van der Waals surface area contributed by atoms with Crippen molar-refractivity contribution in [3.05, 3.63) is 32.7 Å². The standard InChI is InChI=1S/C14H17N5O3/c1-7-6-18-10-11(15-13(18)16(7)4)17(5)14(22)19(12(10)21)8(2)9(3)20/h6,8H,1-5H3/t8-/m1/s1. The van der Waals surface area contributed by atoms with Crippen LogP contribution >= 0.6 is 0 Å². The minimum atomic E-state index is -0.814. The van der Waals surface area contributed by atoms with Crippen LogP contribution in [0.15, 0.2) is 15.8 Å². The normalized spacial score (nSPS) is 13.1. The van der Waals surface area contributed by atoms with Crippen LogP contribution in [0.4, 0.5) is 0 Å². The zero-order valence-electron chi connectivity index (χ0n) is 13.1. The number of Topliss-reactive ketones (excluding diaryl/α,β-unsaturated/α-hetero) is 1. The molecule has 0 aliphatic heterocycles. The van der Waals surface area contributed by atoms with Crippen LogP contribution < -0.4 is 11.2 Å². The lowest BCUT2D eigenvalue weighted by atomic mass is 10.2. The lowest BCUT2D eigenvalue weighted by Crippen LogP contribution is -2.42. The Morgan fingerprint density at radius 2 is 1.86 bits per heavy atom. The summed E-state index contributed by atoms with van der Waals surface area (Å²) in [4.78, 5) is 41.2. The van der Waals surface area contributed by atoms with E-state index >= 15 is 0 Å². The third kappa shape index (κ3) is 1.63. The van der Waals surface area contributed by atoms with Crippen LogP contribution in [0, 0.1) is 6.92 Å². The number of hydrogen-bond donors (Lipinski definition) is 0. The van der Waals surface area contributed by atoms with Crippen molar-refractivity contribution >= 4 is 22.7 Å². The van der Waals surface area contributed by atoms with Gasteiger partial charge in [-0.2, -0.15) is 4.98 Å². The molecule has 0 saturated carbocycles. The molecule has 0 N–H and O–H groups in total. The maximum absolute atomic E-state index is 12.8. The zero-order valence-corrected chi connectivity index (χ0v) is 13.1. The van der Waals surface area contributed by atoms with Gasteiger partial charge in [0, 0.05) is 26.0 Å². The quantitative estimate of drug-likeness (QED) is 0.674. The molecule has 3 heterocycles. The van der Waals surface area contributed by atoms with Crippen LogP contribution in [0.2, 0.25) is 0 Å². The van der Waals surface area contributed by atoms with E-state index in [4.69, 9.17) is 0 Å². The van der Waals surface area contributed by atoms with Crippen LogP contribution in [0.25, 0.3) is 16.9 Å². The molecule has 8 nitrogen and oxygen atoms in total. The Balaban J connectivity index is 2.58. The number of nitrogens with zero attached hydrogens (tertiary/aromatic N) is 5. The molecule has 8 heteroatoms. The van der Waals surface area contributed by atoms with E-state index < -0.39 is 17.3 Å². The molecular weight excluding hydrogens is 286 g/mol. The first-order chi connectivity index (χ1) is 10.3. The molecule has 0 aliphatic carbocycles. The van der Waals surface area contributed by atoms with Gasteiger partial charge in [0.15, 0.2) is 16.9 Å². The predicted octanol–water partition coefficient (Wildman–Crippen LogP) is 0.145. The molecule has 0 aliphatic rings. The molecule has 0 aromatic carbocycles. The second-order valence-corrected chi connectivity index (χ2v) is 5.59. The van der Waals surface area contributed by atoms with Crippen LogP contribution in [-0.4, -0.2) is 28.9 Å². The van der Waals surface area contributed by atoms with Gasteiger partial charge in [-0.3, -0.25) is 18.6 Å². The Bertz CT molecular complexity index is 1050. The average Bonchev–Trinajstić information content (AvgIpc) is 2.95. The summed E-state index contributed by atoms with van der Waals surface area (Å²) in [6, 6.07) is -0.814. The minimum absolute atomic E-state index is 0.247. The SMILES string of the molecule is CC(=O)[C@@H](C)n1c(=O)c2c(nc3n(C)c(C)cn23)n(C)c1=O. The number of aromatic nitrogens is 5. The van der Waals surface area contributed by atoms with Crippen LogP contribution in [0.3, 0.4) is 0 Å². The number of rotatable bonds is 2. The highest BCUT2D eigenvalue weighted by Crippen LogP contribution is 2.15. The van der Waals surface area contributed by atoms with Crippen LogP contribution in [-0.2, 0) is 18.9 Å². The van der Waals surface area contributed by atoms with Crippen molar-refractivity contribution in [1.29, 1.82) is 0 Å². The third-order valence-corrected chi connectivity index (χ3v) is 4.23. The van der Waals surface area contributed by atoms with Crippen molar-refractivity contribution in [2.75, 3.05) is 0 Å². The fourth-order valence-corrected chi connectivity index (χ4v) is 2.61. The number of carbonyl (C=O) groups excluding carboxylic acids is 1. The van der Waals surface area contributed by atoms with E-state index in [1.54, 1.807) is 24.6 Å². The van der Waals surface area contributed by atoms with Gasteiger partial charge in [-0.1, -0.05) is 0 Å². The molecule has 0 unspecified atom stereocenters. The molecule has 0 spiro atoms. The minimum Gasteiger partial charge on any atom is -0.317 e. The molecule has 1 atom stereocenters. The lowest BCUT2D eigenvalue weighted by Gasteiger charge is -2.12. The zero-order chi connectivity index (χ0) is 16.3. The molecule has 0 amide bonds. The van der Waals surface area contributed by atoms with Gasteiger partial charge in [0.25, 0.3) is 5.56 Å². The molecule has 3 aromatic rings. The Kier molecular flexibility index (Phi) is 2.88.